The lowest BCUT2D eigenvalue weighted by Crippen LogP contribution is -2.47. The van der Waals surface area contributed by atoms with Crippen molar-refractivity contribution in [2.24, 2.45) is 5.73 Å². The van der Waals surface area contributed by atoms with E-state index in [0.717, 1.165) is 38.9 Å². The van der Waals surface area contributed by atoms with Crippen molar-refractivity contribution in [2.45, 2.75) is 71.6 Å². The smallest absolute Gasteiger partial charge is 0.168 e. The zero-order valence-electron chi connectivity index (χ0n) is 14.9. The van der Waals surface area contributed by atoms with E-state index in [2.05, 4.69) is 31.2 Å². The number of hydrogen-bond acceptors (Lipinski definition) is 3. The van der Waals surface area contributed by atoms with Gasteiger partial charge in [0.05, 0.1) is 13.2 Å². The minimum atomic E-state index is -0.326. The Kier molecular flexibility index (Phi) is 7.54. The Morgan fingerprint density at radius 3 is 1.73 bits per heavy atom. The third-order valence-electron chi connectivity index (χ3n) is 4.34. The van der Waals surface area contributed by atoms with Crippen LogP contribution in [0.3, 0.4) is 0 Å². The maximum Gasteiger partial charge on any atom is 0.168 e. The SMILES string of the molecule is CC.CC.Cc1ccc(C2(N)CCC3(CC2)OCCO3)cc1. The molecule has 126 valence electrons. The first kappa shape index (κ1) is 19.1. The first-order valence-corrected chi connectivity index (χ1v) is 8.76. The molecule has 0 atom stereocenters. The Morgan fingerprint density at radius 1 is 0.818 bits per heavy atom. The highest BCUT2D eigenvalue weighted by Gasteiger charge is 2.45. The average Bonchev–Trinajstić information content (AvgIpc) is 3.04. The monoisotopic (exact) mass is 307 g/mol. The number of benzene rings is 1. The fourth-order valence-electron chi connectivity index (χ4n) is 3.04. The van der Waals surface area contributed by atoms with Gasteiger partial charge in [-0.3, -0.25) is 0 Å². The molecule has 1 saturated carbocycles. The number of hydrogen-bond donors (Lipinski definition) is 1. The summed E-state index contributed by atoms with van der Waals surface area (Å²) in [6, 6.07) is 8.58. The van der Waals surface area contributed by atoms with Crippen LogP contribution in [0.15, 0.2) is 24.3 Å². The van der Waals surface area contributed by atoms with Gasteiger partial charge in [0, 0.05) is 18.4 Å². The molecular formula is C19H33NO2. The van der Waals surface area contributed by atoms with Crippen molar-refractivity contribution in [3.05, 3.63) is 35.4 Å². The van der Waals surface area contributed by atoms with Crippen LogP contribution in [-0.4, -0.2) is 19.0 Å². The van der Waals surface area contributed by atoms with Crippen LogP contribution in [0, 0.1) is 6.92 Å². The molecule has 3 heteroatoms. The molecule has 1 aromatic rings. The summed E-state index contributed by atoms with van der Waals surface area (Å²) in [5.41, 5.74) is 8.87. The lowest BCUT2D eigenvalue weighted by molar-refractivity contribution is -0.185. The normalized spacial score (nSPS) is 21.4. The molecule has 1 heterocycles. The van der Waals surface area contributed by atoms with Crippen molar-refractivity contribution >= 4 is 0 Å². The molecule has 2 fully saturated rings. The van der Waals surface area contributed by atoms with Crippen LogP contribution in [-0.2, 0) is 15.0 Å². The van der Waals surface area contributed by atoms with Crippen molar-refractivity contribution in [3.63, 3.8) is 0 Å². The number of aryl methyl sites for hydroxylation is 1. The lowest BCUT2D eigenvalue weighted by Gasteiger charge is -2.41. The Hall–Kier alpha value is -0.900. The molecule has 1 saturated heterocycles. The van der Waals surface area contributed by atoms with Gasteiger partial charge in [-0.15, -0.1) is 0 Å². The highest BCUT2D eigenvalue weighted by molar-refractivity contribution is 5.28. The Labute approximate surface area is 136 Å². The second kappa shape index (κ2) is 8.66. The predicted molar refractivity (Wildman–Crippen MR) is 92.8 cm³/mol. The summed E-state index contributed by atoms with van der Waals surface area (Å²) in [4.78, 5) is 0. The highest BCUT2D eigenvalue weighted by Crippen LogP contribution is 2.43. The largest absolute Gasteiger partial charge is 0.348 e. The van der Waals surface area contributed by atoms with Crippen LogP contribution >= 0.6 is 0 Å². The van der Waals surface area contributed by atoms with E-state index in [4.69, 9.17) is 15.2 Å². The summed E-state index contributed by atoms with van der Waals surface area (Å²) < 4.78 is 11.5. The number of rotatable bonds is 1. The van der Waals surface area contributed by atoms with E-state index in [1.807, 2.05) is 27.7 Å². The fourth-order valence-corrected chi connectivity index (χ4v) is 3.04. The quantitative estimate of drug-likeness (QED) is 0.829. The van der Waals surface area contributed by atoms with Crippen LogP contribution in [0.5, 0.6) is 0 Å². The Bertz CT molecular complexity index is 412. The van der Waals surface area contributed by atoms with Gasteiger partial charge in [-0.2, -0.15) is 0 Å². The van der Waals surface area contributed by atoms with Gasteiger partial charge in [0.15, 0.2) is 5.79 Å². The van der Waals surface area contributed by atoms with Gasteiger partial charge in [-0.25, -0.2) is 0 Å². The molecule has 1 spiro atoms. The van der Waals surface area contributed by atoms with Gasteiger partial charge in [0.1, 0.15) is 0 Å². The topological polar surface area (TPSA) is 44.5 Å². The van der Waals surface area contributed by atoms with Crippen LogP contribution in [0.2, 0.25) is 0 Å². The van der Waals surface area contributed by atoms with Crippen molar-refractivity contribution in [1.29, 1.82) is 0 Å². The molecule has 1 aliphatic carbocycles. The second-order valence-corrected chi connectivity index (χ2v) is 5.63. The number of ether oxygens (including phenoxy) is 2. The van der Waals surface area contributed by atoms with Gasteiger partial charge < -0.3 is 15.2 Å². The summed E-state index contributed by atoms with van der Waals surface area (Å²) in [6.07, 6.45) is 3.65. The van der Waals surface area contributed by atoms with E-state index < -0.39 is 0 Å². The average molecular weight is 307 g/mol. The highest BCUT2D eigenvalue weighted by atomic mass is 16.7. The molecule has 3 nitrogen and oxygen atoms in total. The molecule has 0 radical (unpaired) electrons. The van der Waals surface area contributed by atoms with Gasteiger partial charge in [0.25, 0.3) is 0 Å². The molecule has 3 rings (SSSR count). The van der Waals surface area contributed by atoms with Crippen molar-refractivity contribution in [3.8, 4) is 0 Å². The van der Waals surface area contributed by atoms with E-state index in [1.165, 1.54) is 11.1 Å². The molecule has 2 N–H and O–H groups in total. The third kappa shape index (κ3) is 4.31. The molecule has 2 aliphatic rings. The molecule has 0 amide bonds. The summed E-state index contributed by atoms with van der Waals surface area (Å²) in [6.45, 7) is 11.5. The van der Waals surface area contributed by atoms with E-state index in [0.29, 0.717) is 0 Å². The molecule has 1 aromatic carbocycles. The Balaban J connectivity index is 0.000000561. The van der Waals surface area contributed by atoms with Gasteiger partial charge in [0.2, 0.25) is 0 Å². The zero-order valence-corrected chi connectivity index (χ0v) is 14.9. The van der Waals surface area contributed by atoms with Crippen molar-refractivity contribution in [2.75, 3.05) is 13.2 Å². The van der Waals surface area contributed by atoms with Crippen LogP contribution in [0.1, 0.15) is 64.5 Å². The Morgan fingerprint density at radius 2 is 1.27 bits per heavy atom. The minimum Gasteiger partial charge on any atom is -0.348 e. The van der Waals surface area contributed by atoms with E-state index >= 15 is 0 Å². The zero-order chi connectivity index (χ0) is 16.6. The van der Waals surface area contributed by atoms with Gasteiger partial charge in [-0.05, 0) is 25.3 Å². The molecule has 0 unspecified atom stereocenters. The minimum absolute atomic E-state index is 0.214. The number of nitrogens with two attached hydrogens (primary N) is 1. The summed E-state index contributed by atoms with van der Waals surface area (Å²) >= 11 is 0. The third-order valence-corrected chi connectivity index (χ3v) is 4.34. The van der Waals surface area contributed by atoms with Crippen LogP contribution < -0.4 is 5.73 Å². The molecule has 22 heavy (non-hydrogen) atoms. The van der Waals surface area contributed by atoms with E-state index in [9.17, 15) is 0 Å². The van der Waals surface area contributed by atoms with Gasteiger partial charge in [-0.1, -0.05) is 57.5 Å². The maximum atomic E-state index is 6.57. The molecular weight excluding hydrogens is 274 g/mol. The molecule has 0 bridgehead atoms. The summed E-state index contributed by atoms with van der Waals surface area (Å²) in [5, 5.41) is 0. The molecule has 0 aromatic heterocycles. The van der Waals surface area contributed by atoms with E-state index in [1.54, 1.807) is 0 Å². The van der Waals surface area contributed by atoms with E-state index in [-0.39, 0.29) is 11.3 Å². The van der Waals surface area contributed by atoms with Crippen molar-refractivity contribution in [1.82, 2.24) is 0 Å². The summed E-state index contributed by atoms with van der Waals surface area (Å²) in [7, 11) is 0. The van der Waals surface area contributed by atoms with Crippen LogP contribution in [0.25, 0.3) is 0 Å². The second-order valence-electron chi connectivity index (χ2n) is 5.63. The first-order chi connectivity index (χ1) is 10.6. The predicted octanol–water partition coefficient (Wildman–Crippen LogP) is 4.52. The fraction of sp³-hybridized carbons (Fsp3) is 0.684. The van der Waals surface area contributed by atoms with Crippen molar-refractivity contribution < 1.29 is 9.47 Å². The lowest BCUT2D eigenvalue weighted by atomic mass is 9.75. The molecule has 1 aliphatic heterocycles. The van der Waals surface area contributed by atoms with Crippen LogP contribution in [0.4, 0.5) is 0 Å². The summed E-state index contributed by atoms with van der Waals surface area (Å²) in [5.74, 6) is -0.326. The maximum absolute atomic E-state index is 6.57. The first-order valence-electron chi connectivity index (χ1n) is 8.76. The van der Waals surface area contributed by atoms with Gasteiger partial charge >= 0.3 is 0 Å². The standard InChI is InChI=1S/C15H21NO2.2C2H6/c1-12-2-4-13(5-3-12)14(16)6-8-15(9-7-14)17-10-11-18-15;2*1-2/h2-5H,6-11,16H2,1H3;2*1-2H3.